The SMILES string of the molecule is CCCCCCCCc1ccc(CCC(N)(CC)CO)cc1.Cl. The fourth-order valence-electron chi connectivity index (χ4n) is 2.74. The van der Waals surface area contributed by atoms with Crippen molar-refractivity contribution in [3.63, 3.8) is 0 Å². The molecular formula is C20H36ClNO. The van der Waals surface area contributed by atoms with Crippen LogP contribution >= 0.6 is 12.4 Å². The maximum Gasteiger partial charge on any atom is 0.0611 e. The fourth-order valence-corrected chi connectivity index (χ4v) is 2.74. The molecule has 134 valence electrons. The molecule has 0 fully saturated rings. The summed E-state index contributed by atoms with van der Waals surface area (Å²) in [7, 11) is 0. The molecule has 0 amide bonds. The van der Waals surface area contributed by atoms with Crippen LogP contribution in [0.15, 0.2) is 24.3 Å². The van der Waals surface area contributed by atoms with Crippen LogP contribution in [0.3, 0.4) is 0 Å². The Bertz CT molecular complexity index is 387. The van der Waals surface area contributed by atoms with Gasteiger partial charge in [0.05, 0.1) is 6.61 Å². The Morgan fingerprint density at radius 2 is 1.39 bits per heavy atom. The molecule has 1 aromatic rings. The lowest BCUT2D eigenvalue weighted by molar-refractivity contribution is 0.183. The molecule has 0 aliphatic carbocycles. The number of rotatable bonds is 12. The van der Waals surface area contributed by atoms with E-state index >= 15 is 0 Å². The molecule has 1 rings (SSSR count). The zero-order valence-corrected chi connectivity index (χ0v) is 15.8. The molecule has 0 saturated carbocycles. The highest BCUT2D eigenvalue weighted by Crippen LogP contribution is 2.16. The van der Waals surface area contributed by atoms with E-state index in [0.29, 0.717) is 0 Å². The number of nitrogens with two attached hydrogens (primary N) is 1. The Morgan fingerprint density at radius 3 is 1.91 bits per heavy atom. The number of unbranched alkanes of at least 4 members (excludes halogenated alkanes) is 5. The highest BCUT2D eigenvalue weighted by atomic mass is 35.5. The van der Waals surface area contributed by atoms with Crippen molar-refractivity contribution in [2.75, 3.05) is 6.61 Å². The van der Waals surface area contributed by atoms with Crippen molar-refractivity contribution in [2.45, 2.75) is 83.6 Å². The van der Waals surface area contributed by atoms with Gasteiger partial charge < -0.3 is 10.8 Å². The van der Waals surface area contributed by atoms with E-state index in [1.165, 1.54) is 56.1 Å². The van der Waals surface area contributed by atoms with Crippen LogP contribution in [0.1, 0.15) is 76.3 Å². The van der Waals surface area contributed by atoms with E-state index in [-0.39, 0.29) is 19.0 Å². The Morgan fingerprint density at radius 1 is 0.870 bits per heavy atom. The summed E-state index contributed by atoms with van der Waals surface area (Å²) in [6.45, 7) is 4.37. The van der Waals surface area contributed by atoms with Crippen LogP contribution < -0.4 is 5.73 Å². The highest BCUT2D eigenvalue weighted by molar-refractivity contribution is 5.85. The van der Waals surface area contributed by atoms with Gasteiger partial charge >= 0.3 is 0 Å². The zero-order chi connectivity index (χ0) is 16.3. The number of hydrogen-bond acceptors (Lipinski definition) is 2. The van der Waals surface area contributed by atoms with Gasteiger partial charge in [0.15, 0.2) is 0 Å². The van der Waals surface area contributed by atoms with E-state index in [1.807, 2.05) is 6.92 Å². The number of aliphatic hydroxyl groups is 1. The van der Waals surface area contributed by atoms with E-state index in [9.17, 15) is 5.11 Å². The second kappa shape index (κ2) is 12.8. The summed E-state index contributed by atoms with van der Waals surface area (Å²) in [5.41, 5.74) is 8.48. The van der Waals surface area contributed by atoms with Crippen molar-refractivity contribution < 1.29 is 5.11 Å². The number of hydrogen-bond donors (Lipinski definition) is 2. The van der Waals surface area contributed by atoms with Gasteiger partial charge in [0.1, 0.15) is 0 Å². The van der Waals surface area contributed by atoms with E-state index in [0.717, 1.165) is 19.3 Å². The fraction of sp³-hybridized carbons (Fsp3) is 0.700. The topological polar surface area (TPSA) is 46.2 Å². The summed E-state index contributed by atoms with van der Waals surface area (Å²) in [5.74, 6) is 0. The number of aryl methyl sites for hydroxylation is 2. The predicted octanol–water partition coefficient (Wildman–Crippen LogP) is 5.04. The lowest BCUT2D eigenvalue weighted by Gasteiger charge is -2.25. The number of aliphatic hydroxyl groups excluding tert-OH is 1. The molecule has 3 heteroatoms. The minimum atomic E-state index is -0.419. The molecule has 0 bridgehead atoms. The first-order valence-corrected chi connectivity index (χ1v) is 9.11. The minimum absolute atomic E-state index is 0. The third kappa shape index (κ3) is 9.34. The molecule has 2 nitrogen and oxygen atoms in total. The van der Waals surface area contributed by atoms with E-state index < -0.39 is 5.54 Å². The maximum atomic E-state index is 9.36. The molecule has 0 saturated heterocycles. The first kappa shape index (κ1) is 22.4. The molecule has 1 aromatic carbocycles. The van der Waals surface area contributed by atoms with Crippen LogP contribution in [0.4, 0.5) is 0 Å². The molecule has 0 heterocycles. The summed E-state index contributed by atoms with van der Waals surface area (Å²) in [6.07, 6.45) is 11.9. The van der Waals surface area contributed by atoms with Gasteiger partial charge in [-0.1, -0.05) is 70.2 Å². The summed E-state index contributed by atoms with van der Waals surface area (Å²) < 4.78 is 0. The van der Waals surface area contributed by atoms with Crippen molar-refractivity contribution in [3.05, 3.63) is 35.4 Å². The van der Waals surface area contributed by atoms with Gasteiger partial charge in [-0.3, -0.25) is 0 Å². The highest BCUT2D eigenvalue weighted by Gasteiger charge is 2.20. The Balaban J connectivity index is 0.00000484. The van der Waals surface area contributed by atoms with E-state index in [2.05, 4.69) is 31.2 Å². The lowest BCUT2D eigenvalue weighted by Crippen LogP contribution is -2.43. The van der Waals surface area contributed by atoms with Gasteiger partial charge in [-0.25, -0.2) is 0 Å². The smallest absolute Gasteiger partial charge is 0.0611 e. The van der Waals surface area contributed by atoms with Crippen molar-refractivity contribution in [1.82, 2.24) is 0 Å². The molecule has 1 unspecified atom stereocenters. The van der Waals surface area contributed by atoms with Gasteiger partial charge in [-0.15, -0.1) is 12.4 Å². The molecule has 1 atom stereocenters. The van der Waals surface area contributed by atoms with Crippen LogP contribution in [0.5, 0.6) is 0 Å². The van der Waals surface area contributed by atoms with Gasteiger partial charge in [-0.2, -0.15) is 0 Å². The minimum Gasteiger partial charge on any atom is -0.394 e. The van der Waals surface area contributed by atoms with Crippen molar-refractivity contribution in [1.29, 1.82) is 0 Å². The second-order valence-electron chi connectivity index (χ2n) is 6.71. The Hall–Kier alpha value is -0.570. The first-order valence-electron chi connectivity index (χ1n) is 9.11. The van der Waals surface area contributed by atoms with Crippen LogP contribution in [0.25, 0.3) is 0 Å². The summed E-state index contributed by atoms with van der Waals surface area (Å²) in [5, 5.41) is 9.36. The maximum absolute atomic E-state index is 9.36. The second-order valence-corrected chi connectivity index (χ2v) is 6.71. The molecule has 0 aliphatic heterocycles. The standard InChI is InChI=1S/C20H35NO.ClH/c1-3-5-6-7-8-9-10-18-11-13-19(14-12-18)15-16-20(21,4-2)17-22;/h11-14,22H,3-10,15-17,21H2,1-2H3;1H. The van der Waals surface area contributed by atoms with Gasteiger partial charge in [0.2, 0.25) is 0 Å². The quantitative estimate of drug-likeness (QED) is 0.523. The first-order chi connectivity index (χ1) is 10.6. The van der Waals surface area contributed by atoms with Crippen molar-refractivity contribution >= 4 is 12.4 Å². The van der Waals surface area contributed by atoms with Crippen LogP contribution in [-0.2, 0) is 12.8 Å². The molecule has 0 aromatic heterocycles. The van der Waals surface area contributed by atoms with Crippen LogP contribution in [-0.4, -0.2) is 17.3 Å². The molecule has 23 heavy (non-hydrogen) atoms. The zero-order valence-electron chi connectivity index (χ0n) is 15.0. The van der Waals surface area contributed by atoms with Gasteiger partial charge in [-0.05, 0) is 43.2 Å². The molecule has 0 aliphatic rings. The third-order valence-corrected chi connectivity index (χ3v) is 4.77. The molecule has 0 radical (unpaired) electrons. The number of benzene rings is 1. The van der Waals surface area contributed by atoms with Gasteiger partial charge in [0.25, 0.3) is 0 Å². The summed E-state index contributed by atoms with van der Waals surface area (Å²) in [6, 6.07) is 8.95. The van der Waals surface area contributed by atoms with Crippen LogP contribution in [0, 0.1) is 0 Å². The molecule has 3 N–H and O–H groups in total. The van der Waals surface area contributed by atoms with E-state index in [1.54, 1.807) is 0 Å². The average Bonchev–Trinajstić information content (AvgIpc) is 2.57. The van der Waals surface area contributed by atoms with Crippen molar-refractivity contribution in [3.8, 4) is 0 Å². The average molecular weight is 342 g/mol. The molecule has 0 spiro atoms. The monoisotopic (exact) mass is 341 g/mol. The molecular weight excluding hydrogens is 306 g/mol. The van der Waals surface area contributed by atoms with Gasteiger partial charge in [0, 0.05) is 5.54 Å². The largest absolute Gasteiger partial charge is 0.394 e. The summed E-state index contributed by atoms with van der Waals surface area (Å²) in [4.78, 5) is 0. The lowest BCUT2D eigenvalue weighted by atomic mass is 9.90. The predicted molar refractivity (Wildman–Crippen MR) is 103 cm³/mol. The number of halogens is 1. The Kier molecular flexibility index (Phi) is 12.5. The third-order valence-electron chi connectivity index (χ3n) is 4.77. The van der Waals surface area contributed by atoms with Crippen molar-refractivity contribution in [2.24, 2.45) is 5.73 Å². The Labute approximate surface area is 149 Å². The normalized spacial score (nSPS) is 13.4. The summed E-state index contributed by atoms with van der Waals surface area (Å²) >= 11 is 0. The van der Waals surface area contributed by atoms with Crippen LogP contribution in [0.2, 0.25) is 0 Å². The van der Waals surface area contributed by atoms with E-state index in [4.69, 9.17) is 5.73 Å².